The van der Waals surface area contributed by atoms with E-state index < -0.39 is 12.1 Å². The van der Waals surface area contributed by atoms with Crippen LogP contribution in [0.2, 0.25) is 0 Å². The van der Waals surface area contributed by atoms with E-state index >= 15 is 0 Å². The minimum absolute atomic E-state index is 0.0793. The smallest absolute Gasteiger partial charge is 0.220 e. The summed E-state index contributed by atoms with van der Waals surface area (Å²) in [6.45, 7) is 4.30. The second-order valence-electron chi connectivity index (χ2n) is 18.3. The van der Waals surface area contributed by atoms with Crippen LogP contribution in [0.15, 0.2) is 60.8 Å². The number of carbonyl (C=O) groups excluding carboxylic acids is 1. The molecular formula is C57H105NO3. The number of rotatable bonds is 49. The molecular weight excluding hydrogens is 747 g/mol. The highest BCUT2D eigenvalue weighted by molar-refractivity contribution is 5.76. The van der Waals surface area contributed by atoms with Crippen LogP contribution in [0.3, 0.4) is 0 Å². The zero-order chi connectivity index (χ0) is 44.2. The van der Waals surface area contributed by atoms with Gasteiger partial charge in [-0.2, -0.15) is 0 Å². The van der Waals surface area contributed by atoms with Crippen molar-refractivity contribution < 1.29 is 15.0 Å². The van der Waals surface area contributed by atoms with Gasteiger partial charge in [0.05, 0.1) is 18.8 Å². The lowest BCUT2D eigenvalue weighted by atomic mass is 10.0. The summed E-state index contributed by atoms with van der Waals surface area (Å²) in [5, 5.41) is 23.1. The molecule has 4 nitrogen and oxygen atoms in total. The van der Waals surface area contributed by atoms with Gasteiger partial charge in [-0.25, -0.2) is 0 Å². The molecule has 0 aromatic carbocycles. The SMILES string of the molecule is CCCCCCC/C=C\C/C=C\CCCCCCCCCCCCCC(=O)NC(CO)C(O)/C=C/CC/C=C/CC/C=C/CCCCCCCCCCCCCCCCCC. The first kappa shape index (κ1) is 59.1. The number of allylic oxidation sites excluding steroid dienone is 9. The van der Waals surface area contributed by atoms with Gasteiger partial charge < -0.3 is 15.5 Å². The lowest BCUT2D eigenvalue weighted by molar-refractivity contribution is -0.123. The van der Waals surface area contributed by atoms with E-state index in [-0.39, 0.29) is 12.5 Å². The highest BCUT2D eigenvalue weighted by Gasteiger charge is 2.17. The molecule has 0 radical (unpaired) electrons. The Hall–Kier alpha value is -1.91. The molecule has 0 heterocycles. The van der Waals surface area contributed by atoms with Gasteiger partial charge in [-0.1, -0.05) is 254 Å². The van der Waals surface area contributed by atoms with Gasteiger partial charge in [0.2, 0.25) is 5.91 Å². The Morgan fingerprint density at radius 2 is 0.689 bits per heavy atom. The molecule has 0 fully saturated rings. The van der Waals surface area contributed by atoms with Crippen LogP contribution in [0, 0.1) is 0 Å². The molecule has 3 N–H and O–H groups in total. The van der Waals surface area contributed by atoms with Crippen molar-refractivity contribution in [3.8, 4) is 0 Å². The van der Waals surface area contributed by atoms with E-state index in [1.165, 1.54) is 212 Å². The Bertz CT molecular complexity index is 1010. The Balaban J connectivity index is 3.59. The molecule has 0 spiro atoms. The Morgan fingerprint density at radius 3 is 1.05 bits per heavy atom. The van der Waals surface area contributed by atoms with E-state index in [4.69, 9.17) is 0 Å². The zero-order valence-electron chi connectivity index (χ0n) is 40.9. The van der Waals surface area contributed by atoms with Crippen LogP contribution in [0.4, 0.5) is 0 Å². The number of aliphatic hydroxyl groups is 2. The van der Waals surface area contributed by atoms with Crippen molar-refractivity contribution in [1.29, 1.82) is 0 Å². The molecule has 0 aromatic heterocycles. The van der Waals surface area contributed by atoms with Crippen molar-refractivity contribution in [2.24, 2.45) is 0 Å². The Kier molecular flexibility index (Phi) is 50.8. The van der Waals surface area contributed by atoms with Crippen LogP contribution in [0.5, 0.6) is 0 Å². The van der Waals surface area contributed by atoms with Crippen LogP contribution < -0.4 is 5.32 Å². The third kappa shape index (κ3) is 49.0. The zero-order valence-corrected chi connectivity index (χ0v) is 40.9. The summed E-state index contributed by atoms with van der Waals surface area (Å²) >= 11 is 0. The molecule has 0 bridgehead atoms. The number of carbonyl (C=O) groups is 1. The maximum Gasteiger partial charge on any atom is 0.220 e. The van der Waals surface area contributed by atoms with Gasteiger partial charge in [0.25, 0.3) is 0 Å². The molecule has 4 heteroatoms. The molecule has 2 atom stereocenters. The van der Waals surface area contributed by atoms with E-state index in [0.717, 1.165) is 44.9 Å². The number of amides is 1. The maximum atomic E-state index is 12.4. The summed E-state index contributed by atoms with van der Waals surface area (Å²) in [4.78, 5) is 12.4. The molecule has 0 saturated carbocycles. The quantitative estimate of drug-likeness (QED) is 0.0422. The number of hydrogen-bond acceptors (Lipinski definition) is 3. The van der Waals surface area contributed by atoms with Gasteiger partial charge in [0, 0.05) is 6.42 Å². The predicted molar refractivity (Wildman–Crippen MR) is 271 cm³/mol. The van der Waals surface area contributed by atoms with Gasteiger partial charge in [-0.05, 0) is 77.0 Å². The fourth-order valence-corrected chi connectivity index (χ4v) is 8.07. The lowest BCUT2D eigenvalue weighted by Gasteiger charge is -2.19. The second-order valence-corrected chi connectivity index (χ2v) is 18.3. The van der Waals surface area contributed by atoms with Crippen LogP contribution >= 0.6 is 0 Å². The highest BCUT2D eigenvalue weighted by Crippen LogP contribution is 2.16. The largest absolute Gasteiger partial charge is 0.394 e. The van der Waals surface area contributed by atoms with Gasteiger partial charge in [-0.15, -0.1) is 0 Å². The molecule has 0 aromatic rings. The number of hydrogen-bond donors (Lipinski definition) is 3. The lowest BCUT2D eigenvalue weighted by Crippen LogP contribution is -2.45. The van der Waals surface area contributed by atoms with E-state index in [1.807, 2.05) is 6.08 Å². The molecule has 2 unspecified atom stereocenters. The standard InChI is InChI=1S/C57H105NO3/c1-3-5-7-9-11-13-15-17-19-21-23-25-27-28-29-31-32-34-36-38-40-42-44-46-48-50-52-56(60)55(54-59)58-57(61)53-51-49-47-45-43-41-39-37-35-33-30-26-24-22-20-18-16-14-12-10-8-6-4-2/h16,18,22,24,34,36,42,44,50,52,55-56,59-60H,3-15,17,19-21,23,25-33,35,37-41,43,45-49,51,53-54H2,1-2H3,(H,58,61)/b18-16-,24-22-,36-34+,44-42+,52-50+. The summed E-state index contributed by atoms with van der Waals surface area (Å²) in [7, 11) is 0. The third-order valence-corrected chi connectivity index (χ3v) is 12.2. The summed E-state index contributed by atoms with van der Waals surface area (Å²) < 4.78 is 0. The molecule has 61 heavy (non-hydrogen) atoms. The Morgan fingerprint density at radius 1 is 0.393 bits per heavy atom. The van der Waals surface area contributed by atoms with Gasteiger partial charge in [-0.3, -0.25) is 4.79 Å². The van der Waals surface area contributed by atoms with Crippen LogP contribution in [0.25, 0.3) is 0 Å². The van der Waals surface area contributed by atoms with Gasteiger partial charge >= 0.3 is 0 Å². The van der Waals surface area contributed by atoms with Crippen molar-refractivity contribution in [3.05, 3.63) is 60.8 Å². The second kappa shape index (κ2) is 52.4. The summed E-state index contributed by atoms with van der Waals surface area (Å²) in [5.41, 5.74) is 0. The third-order valence-electron chi connectivity index (χ3n) is 12.2. The fourth-order valence-electron chi connectivity index (χ4n) is 8.07. The fraction of sp³-hybridized carbons (Fsp3) is 0.807. The maximum absolute atomic E-state index is 12.4. The van der Waals surface area contributed by atoms with E-state index in [9.17, 15) is 15.0 Å². The minimum Gasteiger partial charge on any atom is -0.394 e. The molecule has 0 rings (SSSR count). The number of unbranched alkanes of at least 4 members (excludes halogenated alkanes) is 34. The molecule has 0 aliphatic rings. The molecule has 356 valence electrons. The monoisotopic (exact) mass is 852 g/mol. The Labute approximate surface area is 381 Å². The van der Waals surface area contributed by atoms with E-state index in [1.54, 1.807) is 6.08 Å². The van der Waals surface area contributed by atoms with Gasteiger partial charge in [0.15, 0.2) is 0 Å². The highest BCUT2D eigenvalue weighted by atomic mass is 16.3. The summed E-state index contributed by atoms with van der Waals surface area (Å²) in [5.74, 6) is -0.0793. The first-order valence-electron chi connectivity index (χ1n) is 27.0. The topological polar surface area (TPSA) is 69.6 Å². The van der Waals surface area contributed by atoms with Crippen molar-refractivity contribution in [2.45, 2.75) is 289 Å². The number of nitrogens with one attached hydrogen (secondary N) is 1. The summed E-state index contributed by atoms with van der Waals surface area (Å²) in [6.07, 6.45) is 73.7. The average Bonchev–Trinajstić information content (AvgIpc) is 3.26. The van der Waals surface area contributed by atoms with Crippen molar-refractivity contribution in [1.82, 2.24) is 5.32 Å². The average molecular weight is 852 g/mol. The van der Waals surface area contributed by atoms with E-state index in [2.05, 4.69) is 67.8 Å². The summed E-state index contributed by atoms with van der Waals surface area (Å²) in [6, 6.07) is -0.649. The van der Waals surface area contributed by atoms with Crippen molar-refractivity contribution in [3.63, 3.8) is 0 Å². The predicted octanol–water partition coefficient (Wildman–Crippen LogP) is 17.6. The van der Waals surface area contributed by atoms with E-state index in [0.29, 0.717) is 6.42 Å². The first-order chi connectivity index (χ1) is 30.2. The van der Waals surface area contributed by atoms with Crippen LogP contribution in [-0.4, -0.2) is 34.9 Å². The van der Waals surface area contributed by atoms with Crippen LogP contribution in [0.1, 0.15) is 277 Å². The minimum atomic E-state index is -0.874. The van der Waals surface area contributed by atoms with Crippen LogP contribution in [-0.2, 0) is 4.79 Å². The molecule has 0 aliphatic heterocycles. The number of aliphatic hydroxyl groups excluding tert-OH is 2. The molecule has 0 aliphatic carbocycles. The molecule has 0 saturated heterocycles. The normalized spacial score (nSPS) is 13.3. The van der Waals surface area contributed by atoms with Crippen molar-refractivity contribution >= 4 is 5.91 Å². The van der Waals surface area contributed by atoms with Gasteiger partial charge in [0.1, 0.15) is 0 Å². The molecule has 1 amide bonds. The van der Waals surface area contributed by atoms with Crippen molar-refractivity contribution in [2.75, 3.05) is 6.61 Å². The first-order valence-corrected chi connectivity index (χ1v) is 27.0.